The Morgan fingerprint density at radius 1 is 1.33 bits per heavy atom. The van der Waals surface area contributed by atoms with Crippen LogP contribution in [-0.4, -0.2) is 50.8 Å². The van der Waals surface area contributed by atoms with E-state index in [1.807, 2.05) is 13.8 Å². The molecule has 0 aromatic rings. The summed E-state index contributed by atoms with van der Waals surface area (Å²) in [5.74, 6) is 0. The fourth-order valence-corrected chi connectivity index (χ4v) is 1.94. The Labute approximate surface area is 90.8 Å². The van der Waals surface area contributed by atoms with Gasteiger partial charge in [0.1, 0.15) is 12.2 Å². The molecular weight excluding hydrogens is 196 g/mol. The Morgan fingerprint density at radius 2 is 2.13 bits per heavy atom. The van der Waals surface area contributed by atoms with Crippen LogP contribution in [0.1, 0.15) is 20.3 Å². The van der Waals surface area contributed by atoms with E-state index in [0.29, 0.717) is 13.2 Å². The smallest absolute Gasteiger partial charge is 0.112 e. The highest BCUT2D eigenvalue weighted by atomic mass is 16.6. The van der Waals surface area contributed by atoms with Crippen molar-refractivity contribution in [1.29, 1.82) is 0 Å². The fraction of sp³-hybridized carbons (Fsp3) is 1.00. The average molecular weight is 216 g/mol. The van der Waals surface area contributed by atoms with Crippen molar-refractivity contribution >= 4 is 0 Å². The summed E-state index contributed by atoms with van der Waals surface area (Å²) in [6.07, 6.45) is 1.46. The predicted octanol–water partition coefficient (Wildman–Crippen LogP) is 0.984. The molecule has 88 valence electrons. The maximum atomic E-state index is 5.80. The van der Waals surface area contributed by atoms with Gasteiger partial charge in [0.2, 0.25) is 0 Å². The van der Waals surface area contributed by atoms with Gasteiger partial charge in [-0.3, -0.25) is 0 Å². The van der Waals surface area contributed by atoms with Crippen LogP contribution in [0.15, 0.2) is 0 Å². The average Bonchev–Trinajstić information content (AvgIpc) is 2.77. The maximum absolute atomic E-state index is 5.80. The molecule has 2 heterocycles. The molecule has 0 bridgehead atoms. The Bertz CT molecular complexity index is 217. The van der Waals surface area contributed by atoms with Gasteiger partial charge in [-0.15, -0.1) is 0 Å². The van der Waals surface area contributed by atoms with E-state index in [9.17, 15) is 0 Å². The van der Waals surface area contributed by atoms with Crippen LogP contribution >= 0.6 is 0 Å². The van der Waals surface area contributed by atoms with Crippen LogP contribution in [0, 0.1) is 0 Å². The fourth-order valence-electron chi connectivity index (χ4n) is 1.94. The van der Waals surface area contributed by atoms with E-state index in [2.05, 4.69) is 0 Å². The van der Waals surface area contributed by atoms with E-state index >= 15 is 0 Å². The van der Waals surface area contributed by atoms with Gasteiger partial charge in [0, 0.05) is 13.7 Å². The van der Waals surface area contributed by atoms with Gasteiger partial charge < -0.3 is 18.9 Å². The molecule has 0 aromatic heterocycles. The first-order chi connectivity index (χ1) is 7.12. The third-order valence-electron chi connectivity index (χ3n) is 3.12. The van der Waals surface area contributed by atoms with Gasteiger partial charge in [-0.2, -0.15) is 0 Å². The molecule has 2 aliphatic rings. The van der Waals surface area contributed by atoms with Crippen LogP contribution in [0.5, 0.6) is 0 Å². The van der Waals surface area contributed by atoms with Crippen LogP contribution < -0.4 is 0 Å². The highest BCUT2D eigenvalue weighted by Crippen LogP contribution is 2.28. The van der Waals surface area contributed by atoms with Crippen LogP contribution in [0.25, 0.3) is 0 Å². The number of methoxy groups -OCH3 is 1. The molecular formula is C11H20O4. The Balaban J connectivity index is 1.80. The predicted molar refractivity (Wildman–Crippen MR) is 54.9 cm³/mol. The summed E-state index contributed by atoms with van der Waals surface area (Å²) in [4.78, 5) is 0. The summed E-state index contributed by atoms with van der Waals surface area (Å²) in [5, 5.41) is 0. The third-order valence-corrected chi connectivity index (χ3v) is 3.12. The zero-order valence-corrected chi connectivity index (χ0v) is 9.69. The number of hydrogen-bond acceptors (Lipinski definition) is 4. The normalized spacial score (nSPS) is 35.8. The highest BCUT2D eigenvalue weighted by molar-refractivity contribution is 4.90. The number of ether oxygens (including phenoxy) is 4. The minimum atomic E-state index is -0.239. The van der Waals surface area contributed by atoms with Crippen molar-refractivity contribution in [1.82, 2.24) is 0 Å². The van der Waals surface area contributed by atoms with Crippen molar-refractivity contribution in [3.63, 3.8) is 0 Å². The van der Waals surface area contributed by atoms with Crippen molar-refractivity contribution in [2.45, 2.75) is 44.2 Å². The van der Waals surface area contributed by atoms with Gasteiger partial charge in [0.15, 0.2) is 0 Å². The van der Waals surface area contributed by atoms with Crippen LogP contribution in [0.2, 0.25) is 0 Å². The van der Waals surface area contributed by atoms with E-state index < -0.39 is 0 Å². The lowest BCUT2D eigenvalue weighted by Gasteiger charge is -2.26. The second kappa shape index (κ2) is 4.37. The molecule has 2 fully saturated rings. The summed E-state index contributed by atoms with van der Waals surface area (Å²) in [5.41, 5.74) is -0.239. The molecule has 0 saturated carbocycles. The molecule has 0 radical (unpaired) electrons. The topological polar surface area (TPSA) is 36.9 Å². The number of fused-ring (bicyclic) bond motifs is 1. The SMILES string of the molecule is COC(C)(C)CO[C@@H]1COC2CCOC21. The van der Waals surface area contributed by atoms with Crippen molar-refractivity contribution in [3.8, 4) is 0 Å². The molecule has 4 heteroatoms. The van der Waals surface area contributed by atoms with Gasteiger partial charge in [0.25, 0.3) is 0 Å². The first-order valence-electron chi connectivity index (χ1n) is 5.52. The van der Waals surface area contributed by atoms with E-state index in [1.54, 1.807) is 7.11 Å². The van der Waals surface area contributed by atoms with E-state index in [1.165, 1.54) is 0 Å². The maximum Gasteiger partial charge on any atom is 0.112 e. The lowest BCUT2D eigenvalue weighted by molar-refractivity contribution is -0.0994. The van der Waals surface area contributed by atoms with Gasteiger partial charge in [-0.1, -0.05) is 0 Å². The van der Waals surface area contributed by atoms with Gasteiger partial charge >= 0.3 is 0 Å². The van der Waals surface area contributed by atoms with Gasteiger partial charge in [0.05, 0.1) is 24.9 Å². The lowest BCUT2D eigenvalue weighted by Crippen LogP contribution is -2.36. The molecule has 3 atom stereocenters. The van der Waals surface area contributed by atoms with Crippen LogP contribution in [0.3, 0.4) is 0 Å². The molecule has 0 N–H and O–H groups in total. The summed E-state index contributed by atoms with van der Waals surface area (Å²) in [6.45, 7) is 6.04. The summed E-state index contributed by atoms with van der Waals surface area (Å²) < 4.78 is 22.3. The first-order valence-corrected chi connectivity index (χ1v) is 5.52. The van der Waals surface area contributed by atoms with Crippen molar-refractivity contribution < 1.29 is 18.9 Å². The van der Waals surface area contributed by atoms with E-state index in [4.69, 9.17) is 18.9 Å². The first kappa shape index (κ1) is 11.3. The Kier molecular flexibility index (Phi) is 3.30. The summed E-state index contributed by atoms with van der Waals surface area (Å²) in [7, 11) is 1.70. The summed E-state index contributed by atoms with van der Waals surface area (Å²) in [6, 6.07) is 0. The number of rotatable bonds is 4. The Hall–Kier alpha value is -0.160. The highest BCUT2D eigenvalue weighted by Gasteiger charge is 2.42. The van der Waals surface area contributed by atoms with Gasteiger partial charge in [-0.25, -0.2) is 0 Å². The Morgan fingerprint density at radius 3 is 2.87 bits per heavy atom. The number of hydrogen-bond donors (Lipinski definition) is 0. The van der Waals surface area contributed by atoms with Gasteiger partial charge in [-0.05, 0) is 20.3 Å². The zero-order chi connectivity index (χ0) is 10.9. The van der Waals surface area contributed by atoms with E-state index in [-0.39, 0.29) is 23.9 Å². The van der Waals surface area contributed by atoms with Crippen molar-refractivity contribution in [2.75, 3.05) is 26.9 Å². The molecule has 2 aliphatic heterocycles. The van der Waals surface area contributed by atoms with Crippen molar-refractivity contribution in [2.24, 2.45) is 0 Å². The third kappa shape index (κ3) is 2.50. The zero-order valence-electron chi connectivity index (χ0n) is 9.69. The van der Waals surface area contributed by atoms with Crippen molar-refractivity contribution in [3.05, 3.63) is 0 Å². The molecule has 0 spiro atoms. The molecule has 0 amide bonds. The minimum Gasteiger partial charge on any atom is -0.376 e. The molecule has 0 aliphatic carbocycles. The molecule has 0 aromatic carbocycles. The second-order valence-electron chi connectivity index (χ2n) is 4.81. The van der Waals surface area contributed by atoms with E-state index in [0.717, 1.165) is 13.0 Å². The quantitative estimate of drug-likeness (QED) is 0.702. The molecule has 2 unspecified atom stereocenters. The second-order valence-corrected chi connectivity index (χ2v) is 4.81. The summed E-state index contributed by atoms with van der Waals surface area (Å²) >= 11 is 0. The minimum absolute atomic E-state index is 0.0759. The molecule has 15 heavy (non-hydrogen) atoms. The van der Waals surface area contributed by atoms with Crippen LogP contribution in [0.4, 0.5) is 0 Å². The molecule has 2 rings (SSSR count). The largest absolute Gasteiger partial charge is 0.376 e. The lowest BCUT2D eigenvalue weighted by atomic mass is 10.1. The standard InChI is InChI=1S/C11H20O4/c1-11(2,12-3)7-15-9-6-14-8-4-5-13-10(8)9/h8-10H,4-7H2,1-3H3/t8?,9-,10?/m1/s1. The molecule has 2 saturated heterocycles. The molecule has 4 nitrogen and oxygen atoms in total. The monoisotopic (exact) mass is 216 g/mol. The van der Waals surface area contributed by atoms with Crippen LogP contribution in [-0.2, 0) is 18.9 Å².